The van der Waals surface area contributed by atoms with Gasteiger partial charge >= 0.3 is 5.97 Å². The lowest BCUT2D eigenvalue weighted by molar-refractivity contribution is -0.141. The van der Waals surface area contributed by atoms with Gasteiger partial charge in [0, 0.05) is 31.7 Å². The summed E-state index contributed by atoms with van der Waals surface area (Å²) in [7, 11) is 0. The minimum atomic E-state index is -0.836. The number of nitrogens with one attached hydrogen (secondary N) is 1. The Morgan fingerprint density at radius 3 is 2.77 bits per heavy atom. The molecule has 1 atom stereocenters. The van der Waals surface area contributed by atoms with Crippen LogP contribution in [0.2, 0.25) is 0 Å². The van der Waals surface area contributed by atoms with E-state index in [1.807, 2.05) is 4.90 Å². The highest BCUT2D eigenvalue weighted by molar-refractivity contribution is 5.78. The Labute approximate surface area is 152 Å². The zero-order chi connectivity index (χ0) is 18.6. The van der Waals surface area contributed by atoms with E-state index in [0.717, 1.165) is 38.5 Å². The molecule has 1 saturated heterocycles. The third-order valence-corrected chi connectivity index (χ3v) is 5.57. The molecule has 2 fully saturated rings. The Kier molecular flexibility index (Phi) is 5.74. The summed E-state index contributed by atoms with van der Waals surface area (Å²) in [6.07, 6.45) is 7.26. The van der Waals surface area contributed by atoms with Crippen molar-refractivity contribution in [1.29, 1.82) is 0 Å². The number of carbonyl (C=O) groups excluding carboxylic acids is 1. The molecule has 2 aliphatic rings. The molecule has 1 aliphatic carbocycles. The van der Waals surface area contributed by atoms with E-state index in [9.17, 15) is 19.1 Å². The van der Waals surface area contributed by atoms with E-state index in [-0.39, 0.29) is 30.6 Å². The number of pyridine rings is 1. The van der Waals surface area contributed by atoms with Crippen molar-refractivity contribution in [3.8, 4) is 0 Å². The first-order valence-electron chi connectivity index (χ1n) is 9.34. The van der Waals surface area contributed by atoms with Gasteiger partial charge in [0.25, 0.3) is 0 Å². The van der Waals surface area contributed by atoms with Crippen molar-refractivity contribution in [2.45, 2.75) is 57.4 Å². The molecule has 0 radical (unpaired) electrons. The average Bonchev–Trinajstić information content (AvgIpc) is 3.03. The second kappa shape index (κ2) is 8.01. The van der Waals surface area contributed by atoms with Gasteiger partial charge in [0.15, 0.2) is 11.6 Å². The largest absolute Gasteiger partial charge is 0.481 e. The Hall–Kier alpha value is -2.18. The molecule has 142 valence electrons. The molecule has 1 unspecified atom stereocenters. The predicted molar refractivity (Wildman–Crippen MR) is 95.3 cm³/mol. The molecule has 1 saturated carbocycles. The van der Waals surface area contributed by atoms with Crippen molar-refractivity contribution in [1.82, 2.24) is 10.3 Å². The van der Waals surface area contributed by atoms with Crippen LogP contribution in [0, 0.1) is 11.2 Å². The quantitative estimate of drug-likeness (QED) is 0.812. The Balaban J connectivity index is 1.56. The van der Waals surface area contributed by atoms with Crippen molar-refractivity contribution < 1.29 is 19.1 Å². The SMILES string of the molecule is O=C(O)CC1(CC(=O)NC2CCN(c3ncccc3F)C2)CCCCC1. The molecule has 1 aromatic heterocycles. The normalized spacial score (nSPS) is 22.2. The number of aromatic nitrogens is 1. The first kappa shape index (κ1) is 18.6. The van der Waals surface area contributed by atoms with Crippen molar-refractivity contribution in [2.75, 3.05) is 18.0 Å². The molecule has 7 heteroatoms. The Morgan fingerprint density at radius 2 is 2.08 bits per heavy atom. The van der Waals surface area contributed by atoms with Crippen LogP contribution in [0.1, 0.15) is 51.4 Å². The molecular weight excluding hydrogens is 337 g/mol. The smallest absolute Gasteiger partial charge is 0.303 e. The van der Waals surface area contributed by atoms with Crippen LogP contribution in [0.3, 0.4) is 0 Å². The summed E-state index contributed by atoms with van der Waals surface area (Å²) in [6, 6.07) is 2.88. The topological polar surface area (TPSA) is 82.5 Å². The van der Waals surface area contributed by atoms with Crippen LogP contribution in [0.25, 0.3) is 0 Å². The number of hydrogen-bond donors (Lipinski definition) is 2. The van der Waals surface area contributed by atoms with Crippen LogP contribution < -0.4 is 10.2 Å². The summed E-state index contributed by atoms with van der Waals surface area (Å²) >= 11 is 0. The summed E-state index contributed by atoms with van der Waals surface area (Å²) in [6.45, 7) is 1.16. The molecule has 0 spiro atoms. The van der Waals surface area contributed by atoms with Crippen LogP contribution in [0.5, 0.6) is 0 Å². The van der Waals surface area contributed by atoms with Gasteiger partial charge in [-0.3, -0.25) is 9.59 Å². The van der Waals surface area contributed by atoms with Gasteiger partial charge in [0.2, 0.25) is 5.91 Å². The third-order valence-electron chi connectivity index (χ3n) is 5.57. The minimum absolute atomic E-state index is 0.0519. The summed E-state index contributed by atoms with van der Waals surface area (Å²) < 4.78 is 13.9. The summed E-state index contributed by atoms with van der Waals surface area (Å²) in [5, 5.41) is 12.3. The molecule has 1 amide bonds. The number of rotatable bonds is 6. The van der Waals surface area contributed by atoms with E-state index >= 15 is 0 Å². The highest BCUT2D eigenvalue weighted by Gasteiger charge is 2.37. The fraction of sp³-hybridized carbons (Fsp3) is 0.632. The van der Waals surface area contributed by atoms with Crippen LogP contribution in [0.15, 0.2) is 18.3 Å². The fourth-order valence-electron chi connectivity index (χ4n) is 4.34. The fourth-order valence-corrected chi connectivity index (χ4v) is 4.34. The molecule has 1 aliphatic heterocycles. The van der Waals surface area contributed by atoms with Crippen molar-refractivity contribution >= 4 is 17.7 Å². The number of carboxylic acid groups (broad SMARTS) is 1. The van der Waals surface area contributed by atoms with Crippen molar-refractivity contribution in [3.05, 3.63) is 24.1 Å². The maximum absolute atomic E-state index is 13.9. The maximum atomic E-state index is 13.9. The first-order valence-corrected chi connectivity index (χ1v) is 9.34. The number of hydrogen-bond acceptors (Lipinski definition) is 4. The number of amides is 1. The van der Waals surface area contributed by atoms with E-state index in [4.69, 9.17) is 0 Å². The number of halogens is 1. The number of anilines is 1. The third kappa shape index (κ3) is 4.51. The van der Waals surface area contributed by atoms with Crippen LogP contribution in [-0.2, 0) is 9.59 Å². The van der Waals surface area contributed by atoms with Gasteiger partial charge in [0.1, 0.15) is 0 Å². The summed E-state index contributed by atoms with van der Waals surface area (Å²) in [5.41, 5.74) is -0.417. The van der Waals surface area contributed by atoms with Crippen LogP contribution in [0.4, 0.5) is 10.2 Å². The van der Waals surface area contributed by atoms with Gasteiger partial charge in [-0.1, -0.05) is 19.3 Å². The molecular formula is C19H26FN3O3. The zero-order valence-electron chi connectivity index (χ0n) is 14.9. The Morgan fingerprint density at radius 1 is 1.31 bits per heavy atom. The van der Waals surface area contributed by atoms with Gasteiger partial charge in [-0.15, -0.1) is 0 Å². The molecule has 3 rings (SSSR count). The van der Waals surface area contributed by atoms with E-state index in [1.54, 1.807) is 12.3 Å². The molecule has 0 aromatic carbocycles. The minimum Gasteiger partial charge on any atom is -0.481 e. The van der Waals surface area contributed by atoms with E-state index in [0.29, 0.717) is 18.9 Å². The second-order valence-corrected chi connectivity index (χ2v) is 7.62. The lowest BCUT2D eigenvalue weighted by Crippen LogP contribution is -2.41. The van der Waals surface area contributed by atoms with Crippen LogP contribution in [-0.4, -0.2) is 41.1 Å². The number of nitrogens with zero attached hydrogens (tertiary/aromatic N) is 2. The molecule has 0 bridgehead atoms. The van der Waals surface area contributed by atoms with E-state index in [2.05, 4.69) is 10.3 Å². The predicted octanol–water partition coefficient (Wildman–Crippen LogP) is 2.73. The lowest BCUT2D eigenvalue weighted by Gasteiger charge is -2.35. The number of carboxylic acids is 1. The van der Waals surface area contributed by atoms with Gasteiger partial charge in [-0.2, -0.15) is 0 Å². The number of carbonyl (C=O) groups is 2. The van der Waals surface area contributed by atoms with E-state index in [1.165, 1.54) is 6.07 Å². The monoisotopic (exact) mass is 363 g/mol. The average molecular weight is 363 g/mol. The van der Waals surface area contributed by atoms with E-state index < -0.39 is 11.4 Å². The van der Waals surface area contributed by atoms with Gasteiger partial charge in [-0.25, -0.2) is 9.37 Å². The molecule has 26 heavy (non-hydrogen) atoms. The van der Waals surface area contributed by atoms with Crippen molar-refractivity contribution in [3.63, 3.8) is 0 Å². The van der Waals surface area contributed by atoms with Gasteiger partial charge < -0.3 is 15.3 Å². The molecule has 2 heterocycles. The Bertz CT molecular complexity index is 661. The molecule has 2 N–H and O–H groups in total. The van der Waals surface area contributed by atoms with Gasteiger partial charge in [-0.05, 0) is 36.8 Å². The molecule has 6 nitrogen and oxygen atoms in total. The lowest BCUT2D eigenvalue weighted by atomic mass is 9.69. The highest BCUT2D eigenvalue weighted by atomic mass is 19.1. The zero-order valence-corrected chi connectivity index (χ0v) is 14.9. The van der Waals surface area contributed by atoms with Crippen LogP contribution >= 0.6 is 0 Å². The van der Waals surface area contributed by atoms with Crippen molar-refractivity contribution in [2.24, 2.45) is 5.41 Å². The summed E-state index contributed by atoms with van der Waals surface area (Å²) in [4.78, 5) is 29.7. The highest BCUT2D eigenvalue weighted by Crippen LogP contribution is 2.42. The standard InChI is InChI=1S/C19H26FN3O3/c20-15-5-4-9-21-18(15)23-10-6-14(13-23)22-16(24)11-19(12-17(25)26)7-2-1-3-8-19/h4-5,9,14H,1-3,6-8,10-13H2,(H,22,24)(H,25,26). The number of aliphatic carboxylic acids is 1. The maximum Gasteiger partial charge on any atom is 0.303 e. The summed E-state index contributed by atoms with van der Waals surface area (Å²) in [5.74, 6) is -0.972. The van der Waals surface area contributed by atoms with Gasteiger partial charge in [0.05, 0.1) is 6.42 Å². The second-order valence-electron chi connectivity index (χ2n) is 7.62. The molecule has 1 aromatic rings. The first-order chi connectivity index (χ1) is 12.5.